The summed E-state index contributed by atoms with van der Waals surface area (Å²) in [6.45, 7) is 6.46. The van der Waals surface area contributed by atoms with Gasteiger partial charge in [0.2, 0.25) is 0 Å². The molecule has 0 spiro atoms. The summed E-state index contributed by atoms with van der Waals surface area (Å²) >= 11 is 4.03. The van der Waals surface area contributed by atoms with Crippen molar-refractivity contribution < 1.29 is 0 Å². The van der Waals surface area contributed by atoms with E-state index >= 15 is 0 Å². The SMILES string of the molecule is Cc1ccc(-c2c(C)sc3ncnc(Nc4ccc(I)cc4)c23)cc1C. The maximum absolute atomic E-state index is 4.55. The van der Waals surface area contributed by atoms with Gasteiger partial charge in [-0.1, -0.05) is 18.2 Å². The molecular weight excluding hydrogens is 453 g/mol. The molecule has 26 heavy (non-hydrogen) atoms. The second-order valence-electron chi connectivity index (χ2n) is 6.37. The predicted molar refractivity (Wildman–Crippen MR) is 120 cm³/mol. The Morgan fingerprint density at radius 3 is 2.42 bits per heavy atom. The van der Waals surface area contributed by atoms with E-state index in [0.29, 0.717) is 0 Å². The van der Waals surface area contributed by atoms with Crippen LogP contribution >= 0.6 is 33.9 Å². The number of benzene rings is 2. The molecule has 5 heteroatoms. The molecule has 0 aliphatic heterocycles. The number of nitrogens with one attached hydrogen (secondary N) is 1. The maximum atomic E-state index is 4.55. The maximum Gasteiger partial charge on any atom is 0.143 e. The molecule has 2 aromatic carbocycles. The molecule has 0 amide bonds. The van der Waals surface area contributed by atoms with E-state index in [0.717, 1.165) is 21.7 Å². The molecule has 0 aliphatic carbocycles. The largest absolute Gasteiger partial charge is 0.340 e. The molecule has 0 radical (unpaired) electrons. The Kier molecular flexibility index (Phi) is 4.67. The number of nitrogens with zero attached hydrogens (tertiary/aromatic N) is 2. The van der Waals surface area contributed by atoms with Crippen molar-refractivity contribution in [3.63, 3.8) is 0 Å². The third kappa shape index (κ3) is 3.21. The molecule has 2 heterocycles. The molecule has 0 bridgehead atoms. The van der Waals surface area contributed by atoms with E-state index < -0.39 is 0 Å². The average molecular weight is 471 g/mol. The first kappa shape index (κ1) is 17.4. The Morgan fingerprint density at radius 2 is 1.69 bits per heavy atom. The summed E-state index contributed by atoms with van der Waals surface area (Å²) < 4.78 is 1.21. The molecule has 0 saturated carbocycles. The van der Waals surface area contributed by atoms with Gasteiger partial charge < -0.3 is 5.32 Å². The van der Waals surface area contributed by atoms with Crippen molar-refractivity contribution >= 4 is 55.6 Å². The lowest BCUT2D eigenvalue weighted by atomic mass is 9.99. The van der Waals surface area contributed by atoms with Crippen LogP contribution in [0.5, 0.6) is 0 Å². The summed E-state index contributed by atoms with van der Waals surface area (Å²) in [7, 11) is 0. The smallest absolute Gasteiger partial charge is 0.143 e. The molecule has 0 fully saturated rings. The molecule has 2 aromatic heterocycles. The number of thiophene rings is 1. The van der Waals surface area contributed by atoms with E-state index in [1.54, 1.807) is 17.7 Å². The molecule has 4 rings (SSSR count). The molecule has 0 atom stereocenters. The van der Waals surface area contributed by atoms with Crippen LogP contribution in [0.4, 0.5) is 11.5 Å². The highest BCUT2D eigenvalue weighted by atomic mass is 127. The second-order valence-corrected chi connectivity index (χ2v) is 8.82. The van der Waals surface area contributed by atoms with Gasteiger partial charge in [-0.25, -0.2) is 9.97 Å². The zero-order valence-corrected chi connectivity index (χ0v) is 17.8. The van der Waals surface area contributed by atoms with Crippen molar-refractivity contribution in [2.45, 2.75) is 20.8 Å². The summed E-state index contributed by atoms with van der Waals surface area (Å²) in [6.07, 6.45) is 1.64. The average Bonchev–Trinajstić information content (AvgIpc) is 2.96. The van der Waals surface area contributed by atoms with Gasteiger partial charge in [0.05, 0.1) is 5.39 Å². The van der Waals surface area contributed by atoms with E-state index in [-0.39, 0.29) is 0 Å². The van der Waals surface area contributed by atoms with Crippen LogP contribution in [-0.4, -0.2) is 9.97 Å². The Balaban J connectivity index is 1.89. The quantitative estimate of drug-likeness (QED) is 0.341. The minimum Gasteiger partial charge on any atom is -0.340 e. The van der Waals surface area contributed by atoms with Crippen molar-refractivity contribution in [2.24, 2.45) is 0 Å². The number of anilines is 2. The highest BCUT2D eigenvalue weighted by Gasteiger charge is 2.17. The van der Waals surface area contributed by atoms with Crippen molar-refractivity contribution in [3.05, 3.63) is 68.4 Å². The van der Waals surface area contributed by atoms with Gasteiger partial charge in [0.15, 0.2) is 0 Å². The summed E-state index contributed by atoms with van der Waals surface area (Å²) in [4.78, 5) is 11.3. The van der Waals surface area contributed by atoms with Crippen molar-refractivity contribution in [1.82, 2.24) is 9.97 Å². The lowest BCUT2D eigenvalue weighted by molar-refractivity contribution is 1.23. The van der Waals surface area contributed by atoms with Gasteiger partial charge in [0, 0.05) is 19.7 Å². The van der Waals surface area contributed by atoms with Crippen LogP contribution in [0, 0.1) is 24.3 Å². The van der Waals surface area contributed by atoms with Gasteiger partial charge in [-0.2, -0.15) is 0 Å². The molecule has 0 unspecified atom stereocenters. The first-order valence-corrected chi connectivity index (χ1v) is 10.3. The van der Waals surface area contributed by atoms with Gasteiger partial charge in [-0.3, -0.25) is 0 Å². The molecule has 0 aliphatic rings. The zero-order valence-electron chi connectivity index (χ0n) is 14.8. The summed E-state index contributed by atoms with van der Waals surface area (Å²) in [6, 6.07) is 15.0. The molecular formula is C21H18IN3S. The minimum absolute atomic E-state index is 0.855. The number of hydrogen-bond donors (Lipinski definition) is 1. The first-order valence-electron chi connectivity index (χ1n) is 8.37. The summed E-state index contributed by atoms with van der Waals surface area (Å²) in [5.41, 5.74) is 6.07. The van der Waals surface area contributed by atoms with Gasteiger partial charge in [-0.15, -0.1) is 11.3 Å². The third-order valence-electron chi connectivity index (χ3n) is 4.57. The zero-order chi connectivity index (χ0) is 18.3. The van der Waals surface area contributed by atoms with Crippen LogP contribution in [0.15, 0.2) is 48.8 Å². The lowest BCUT2D eigenvalue weighted by Gasteiger charge is -2.10. The van der Waals surface area contributed by atoms with E-state index in [1.807, 2.05) is 0 Å². The molecule has 3 nitrogen and oxygen atoms in total. The van der Waals surface area contributed by atoms with E-state index in [1.165, 1.54) is 30.7 Å². The fourth-order valence-corrected chi connectivity index (χ4v) is 4.43. The van der Waals surface area contributed by atoms with Crippen molar-refractivity contribution in [3.8, 4) is 11.1 Å². The number of hydrogen-bond acceptors (Lipinski definition) is 4. The normalized spacial score (nSPS) is 11.1. The molecule has 130 valence electrons. The van der Waals surface area contributed by atoms with Crippen LogP contribution in [0.3, 0.4) is 0 Å². The van der Waals surface area contributed by atoms with Gasteiger partial charge in [0.1, 0.15) is 17.0 Å². The van der Waals surface area contributed by atoms with Gasteiger partial charge >= 0.3 is 0 Å². The van der Waals surface area contributed by atoms with Crippen LogP contribution < -0.4 is 5.32 Å². The van der Waals surface area contributed by atoms with Crippen molar-refractivity contribution in [1.29, 1.82) is 0 Å². The van der Waals surface area contributed by atoms with E-state index in [2.05, 4.69) is 101 Å². The first-order chi connectivity index (χ1) is 12.5. The van der Waals surface area contributed by atoms with Gasteiger partial charge in [0.25, 0.3) is 0 Å². The Labute approximate surface area is 170 Å². The predicted octanol–water partition coefficient (Wildman–Crippen LogP) is 6.63. The highest BCUT2D eigenvalue weighted by Crippen LogP contribution is 2.41. The second kappa shape index (κ2) is 6.96. The van der Waals surface area contributed by atoms with Crippen LogP contribution in [0.25, 0.3) is 21.3 Å². The molecule has 0 saturated heterocycles. The van der Waals surface area contributed by atoms with Crippen LogP contribution in [0.2, 0.25) is 0 Å². The Hall–Kier alpha value is -1.99. The fourth-order valence-electron chi connectivity index (χ4n) is 3.05. The van der Waals surface area contributed by atoms with E-state index in [4.69, 9.17) is 0 Å². The fraction of sp³-hybridized carbons (Fsp3) is 0.143. The van der Waals surface area contributed by atoms with Crippen LogP contribution in [-0.2, 0) is 0 Å². The number of fused-ring (bicyclic) bond motifs is 1. The summed E-state index contributed by atoms with van der Waals surface area (Å²) in [5.74, 6) is 0.855. The molecule has 4 aromatic rings. The standard InChI is InChI=1S/C21H18IN3S/c1-12-4-5-15(10-13(12)2)18-14(3)26-21-19(18)20(23-11-24-21)25-17-8-6-16(22)7-9-17/h4-11H,1-3H3,(H,23,24,25). The Morgan fingerprint density at radius 1 is 0.923 bits per heavy atom. The summed E-state index contributed by atoms with van der Waals surface area (Å²) in [5, 5.41) is 4.57. The lowest BCUT2D eigenvalue weighted by Crippen LogP contribution is -1.96. The van der Waals surface area contributed by atoms with Crippen molar-refractivity contribution in [2.75, 3.05) is 5.32 Å². The number of aryl methyl sites for hydroxylation is 3. The molecule has 1 N–H and O–H groups in total. The third-order valence-corrected chi connectivity index (χ3v) is 6.30. The topological polar surface area (TPSA) is 37.8 Å². The Bertz CT molecular complexity index is 1100. The minimum atomic E-state index is 0.855. The van der Waals surface area contributed by atoms with Crippen LogP contribution in [0.1, 0.15) is 16.0 Å². The number of halogens is 1. The monoisotopic (exact) mass is 471 g/mol. The van der Waals surface area contributed by atoms with E-state index in [9.17, 15) is 0 Å². The number of rotatable bonds is 3. The highest BCUT2D eigenvalue weighted by molar-refractivity contribution is 14.1. The van der Waals surface area contributed by atoms with Gasteiger partial charge in [-0.05, 0) is 84.3 Å². The number of aromatic nitrogens is 2.